The van der Waals surface area contributed by atoms with E-state index >= 15 is 0 Å². The molecule has 3 N–H and O–H groups in total. The fraction of sp³-hybridized carbons (Fsp3) is 0.500. The molecule has 0 bridgehead atoms. The lowest BCUT2D eigenvalue weighted by Gasteiger charge is -2.34. The fourth-order valence-electron chi connectivity index (χ4n) is 2.49. The van der Waals surface area contributed by atoms with Crippen molar-refractivity contribution in [3.05, 3.63) is 29.6 Å². The molecule has 3 nitrogen and oxygen atoms in total. The maximum absolute atomic E-state index is 13.0. The number of amides is 1. The van der Waals surface area contributed by atoms with Crippen LogP contribution in [0.4, 0.5) is 10.1 Å². The van der Waals surface area contributed by atoms with Crippen molar-refractivity contribution in [2.24, 2.45) is 0 Å². The molecular weight excluding hydrogens is 231 g/mol. The molecule has 1 amide bonds. The molecule has 0 radical (unpaired) electrons. The highest BCUT2D eigenvalue weighted by molar-refractivity contribution is 5.95. The van der Waals surface area contributed by atoms with Crippen LogP contribution >= 0.6 is 0 Å². The number of nitrogens with two attached hydrogens (primary N) is 1. The molecule has 1 aromatic rings. The number of halogens is 1. The molecule has 1 saturated carbocycles. The van der Waals surface area contributed by atoms with Crippen molar-refractivity contribution >= 4 is 11.6 Å². The van der Waals surface area contributed by atoms with Gasteiger partial charge in [0.25, 0.3) is 5.91 Å². The first-order chi connectivity index (χ1) is 8.50. The number of carbonyl (C=O) groups is 1. The van der Waals surface area contributed by atoms with Gasteiger partial charge in [0, 0.05) is 11.1 Å². The Kier molecular flexibility index (Phi) is 3.55. The molecule has 0 unspecified atom stereocenters. The zero-order chi connectivity index (χ0) is 13.2. The number of nitrogen functional groups attached to an aromatic ring is 1. The van der Waals surface area contributed by atoms with E-state index in [1.54, 1.807) is 0 Å². The lowest BCUT2D eigenvalue weighted by Crippen LogP contribution is -2.47. The maximum atomic E-state index is 13.0. The number of anilines is 1. The van der Waals surface area contributed by atoms with Crippen LogP contribution in [0.15, 0.2) is 18.2 Å². The second-order valence-corrected chi connectivity index (χ2v) is 5.31. The van der Waals surface area contributed by atoms with E-state index < -0.39 is 5.82 Å². The molecule has 0 atom stereocenters. The van der Waals surface area contributed by atoms with Crippen LogP contribution in [0, 0.1) is 5.82 Å². The number of hydrogen-bond acceptors (Lipinski definition) is 2. The van der Waals surface area contributed by atoms with E-state index in [2.05, 4.69) is 12.2 Å². The minimum Gasteiger partial charge on any atom is -0.396 e. The lowest BCUT2D eigenvalue weighted by molar-refractivity contribution is 0.0882. The van der Waals surface area contributed by atoms with Crippen molar-refractivity contribution in [1.82, 2.24) is 5.32 Å². The van der Waals surface area contributed by atoms with E-state index in [1.165, 1.54) is 24.6 Å². The first-order valence-corrected chi connectivity index (χ1v) is 6.38. The Morgan fingerprint density at radius 1 is 1.33 bits per heavy atom. The van der Waals surface area contributed by atoms with Gasteiger partial charge in [0.2, 0.25) is 0 Å². The van der Waals surface area contributed by atoms with Gasteiger partial charge in [0.1, 0.15) is 5.82 Å². The second kappa shape index (κ2) is 4.96. The van der Waals surface area contributed by atoms with Gasteiger partial charge in [-0.1, -0.05) is 19.3 Å². The summed E-state index contributed by atoms with van der Waals surface area (Å²) >= 11 is 0. The molecule has 98 valence electrons. The Morgan fingerprint density at radius 2 is 2.00 bits per heavy atom. The second-order valence-electron chi connectivity index (χ2n) is 5.31. The maximum Gasteiger partial charge on any atom is 0.251 e. The van der Waals surface area contributed by atoms with Gasteiger partial charge in [-0.15, -0.1) is 0 Å². The highest BCUT2D eigenvalue weighted by Gasteiger charge is 2.28. The summed E-state index contributed by atoms with van der Waals surface area (Å²) < 4.78 is 13.0. The van der Waals surface area contributed by atoms with E-state index in [0.29, 0.717) is 5.56 Å². The van der Waals surface area contributed by atoms with Gasteiger partial charge in [0.05, 0.1) is 5.69 Å². The van der Waals surface area contributed by atoms with Crippen molar-refractivity contribution in [2.45, 2.75) is 44.6 Å². The SMILES string of the molecule is CC1(NC(=O)c2ccc(F)c(N)c2)CCCCC1. The highest BCUT2D eigenvalue weighted by Crippen LogP contribution is 2.28. The fourth-order valence-corrected chi connectivity index (χ4v) is 2.49. The van der Waals surface area contributed by atoms with Crippen LogP contribution < -0.4 is 11.1 Å². The Morgan fingerprint density at radius 3 is 2.61 bits per heavy atom. The van der Waals surface area contributed by atoms with Gasteiger partial charge >= 0.3 is 0 Å². The number of nitrogens with one attached hydrogen (secondary N) is 1. The molecule has 4 heteroatoms. The molecule has 1 aliphatic rings. The van der Waals surface area contributed by atoms with Crippen molar-refractivity contribution < 1.29 is 9.18 Å². The molecule has 0 saturated heterocycles. The van der Waals surface area contributed by atoms with Crippen LogP contribution in [0.2, 0.25) is 0 Å². The molecule has 18 heavy (non-hydrogen) atoms. The van der Waals surface area contributed by atoms with Crippen LogP contribution in [0.1, 0.15) is 49.4 Å². The molecule has 2 rings (SSSR count). The summed E-state index contributed by atoms with van der Waals surface area (Å²) in [6.45, 7) is 2.07. The van der Waals surface area contributed by atoms with E-state index in [-0.39, 0.29) is 17.1 Å². The van der Waals surface area contributed by atoms with E-state index in [0.717, 1.165) is 25.7 Å². The van der Waals surface area contributed by atoms with Crippen LogP contribution in [-0.4, -0.2) is 11.4 Å². The first-order valence-electron chi connectivity index (χ1n) is 6.38. The Labute approximate surface area is 107 Å². The quantitative estimate of drug-likeness (QED) is 0.793. The molecule has 0 spiro atoms. The summed E-state index contributed by atoms with van der Waals surface area (Å²) in [6, 6.07) is 4.08. The smallest absolute Gasteiger partial charge is 0.251 e. The van der Waals surface area contributed by atoms with Crippen molar-refractivity contribution in [1.29, 1.82) is 0 Å². The van der Waals surface area contributed by atoms with Crippen molar-refractivity contribution in [3.8, 4) is 0 Å². The summed E-state index contributed by atoms with van der Waals surface area (Å²) in [5.41, 5.74) is 5.76. The van der Waals surface area contributed by atoms with Crippen LogP contribution in [0.5, 0.6) is 0 Å². The molecule has 0 heterocycles. The standard InChI is InChI=1S/C14H19FN2O/c1-14(7-3-2-4-8-14)17-13(18)10-5-6-11(15)12(16)9-10/h5-6,9H,2-4,7-8,16H2,1H3,(H,17,18). The predicted octanol–water partition coefficient (Wildman–Crippen LogP) is 2.86. The van der Waals surface area contributed by atoms with E-state index in [4.69, 9.17) is 5.73 Å². The van der Waals surface area contributed by atoms with Crippen LogP contribution in [0.25, 0.3) is 0 Å². The van der Waals surface area contributed by atoms with Crippen LogP contribution in [-0.2, 0) is 0 Å². The summed E-state index contributed by atoms with van der Waals surface area (Å²) in [4.78, 5) is 12.1. The van der Waals surface area contributed by atoms with E-state index in [9.17, 15) is 9.18 Å². The van der Waals surface area contributed by atoms with Crippen LogP contribution in [0.3, 0.4) is 0 Å². The number of rotatable bonds is 2. The van der Waals surface area contributed by atoms with Gasteiger partial charge in [-0.25, -0.2) is 4.39 Å². The summed E-state index contributed by atoms with van der Waals surface area (Å²) in [6.07, 6.45) is 5.50. The highest BCUT2D eigenvalue weighted by atomic mass is 19.1. The van der Waals surface area contributed by atoms with Gasteiger partial charge in [0.15, 0.2) is 0 Å². The largest absolute Gasteiger partial charge is 0.396 e. The molecule has 1 aromatic carbocycles. The zero-order valence-corrected chi connectivity index (χ0v) is 10.6. The third-order valence-electron chi connectivity index (χ3n) is 3.63. The zero-order valence-electron chi connectivity index (χ0n) is 10.6. The number of benzene rings is 1. The Hall–Kier alpha value is -1.58. The summed E-state index contributed by atoms with van der Waals surface area (Å²) in [5.74, 6) is -0.665. The minimum atomic E-state index is -0.490. The Bertz CT molecular complexity index is 453. The van der Waals surface area contributed by atoms with Gasteiger partial charge in [-0.05, 0) is 38.0 Å². The third kappa shape index (κ3) is 2.81. The molecule has 1 fully saturated rings. The predicted molar refractivity (Wildman–Crippen MR) is 69.8 cm³/mol. The number of hydrogen-bond donors (Lipinski definition) is 2. The molecular formula is C14H19FN2O. The van der Waals surface area contributed by atoms with Crippen molar-refractivity contribution in [2.75, 3.05) is 5.73 Å². The van der Waals surface area contributed by atoms with Gasteiger partial charge < -0.3 is 11.1 Å². The topological polar surface area (TPSA) is 55.1 Å². The van der Waals surface area contributed by atoms with Gasteiger partial charge in [-0.3, -0.25) is 4.79 Å². The normalized spacial score (nSPS) is 18.3. The number of carbonyl (C=O) groups excluding carboxylic acids is 1. The lowest BCUT2D eigenvalue weighted by atomic mass is 9.83. The average Bonchev–Trinajstić information content (AvgIpc) is 2.33. The average molecular weight is 250 g/mol. The Balaban J connectivity index is 2.09. The summed E-state index contributed by atoms with van der Waals surface area (Å²) in [7, 11) is 0. The van der Waals surface area contributed by atoms with Crippen molar-refractivity contribution in [3.63, 3.8) is 0 Å². The minimum absolute atomic E-state index is 0.0106. The molecule has 0 aliphatic heterocycles. The molecule has 1 aliphatic carbocycles. The molecule has 0 aromatic heterocycles. The first kappa shape index (κ1) is 12.9. The van der Waals surface area contributed by atoms with Gasteiger partial charge in [-0.2, -0.15) is 0 Å². The summed E-state index contributed by atoms with van der Waals surface area (Å²) in [5, 5.41) is 3.04. The van der Waals surface area contributed by atoms with E-state index in [1.807, 2.05) is 0 Å². The third-order valence-corrected chi connectivity index (χ3v) is 3.63. The monoisotopic (exact) mass is 250 g/mol.